The van der Waals surface area contributed by atoms with Gasteiger partial charge in [-0.3, -0.25) is 9.78 Å². The van der Waals surface area contributed by atoms with Crippen LogP contribution in [0.25, 0.3) is 10.9 Å². The maximum Gasteiger partial charge on any atom is 0.256 e. The third-order valence-corrected chi connectivity index (χ3v) is 3.83. The summed E-state index contributed by atoms with van der Waals surface area (Å²) in [5.41, 5.74) is -0.0947. The molecule has 8 heteroatoms. The molecule has 0 aliphatic rings. The van der Waals surface area contributed by atoms with Crippen molar-refractivity contribution in [3.8, 4) is 5.75 Å². The van der Waals surface area contributed by atoms with Gasteiger partial charge in [0.15, 0.2) is 17.5 Å². The van der Waals surface area contributed by atoms with Gasteiger partial charge in [0.05, 0.1) is 0 Å². The second kappa shape index (κ2) is 6.60. The summed E-state index contributed by atoms with van der Waals surface area (Å²) in [6, 6.07) is 7.30. The van der Waals surface area contributed by atoms with E-state index < -0.39 is 40.0 Å². The van der Waals surface area contributed by atoms with Crippen LogP contribution >= 0.6 is 11.6 Å². The van der Waals surface area contributed by atoms with E-state index in [4.69, 9.17) is 11.6 Å². The lowest BCUT2D eigenvalue weighted by Crippen LogP contribution is -2.23. The van der Waals surface area contributed by atoms with Crippen LogP contribution in [0.15, 0.2) is 36.5 Å². The maximum atomic E-state index is 13.7. The Bertz CT molecular complexity index is 978. The summed E-state index contributed by atoms with van der Waals surface area (Å²) in [5.74, 6) is -6.10. The van der Waals surface area contributed by atoms with Gasteiger partial charge < -0.3 is 10.4 Å². The van der Waals surface area contributed by atoms with Crippen LogP contribution in [0.5, 0.6) is 5.75 Å². The van der Waals surface area contributed by atoms with Gasteiger partial charge in [-0.25, -0.2) is 13.2 Å². The van der Waals surface area contributed by atoms with E-state index in [0.29, 0.717) is 11.1 Å². The quantitative estimate of drug-likeness (QED) is 0.690. The van der Waals surface area contributed by atoms with Crippen LogP contribution in [0.3, 0.4) is 0 Å². The van der Waals surface area contributed by atoms with Crippen molar-refractivity contribution in [3.63, 3.8) is 0 Å². The standard InChI is InChI=1S/C17H10ClF3N2O2/c18-9-3-1-8(2-4-9)6-23-17(25)11-7-22-15-10(16(11)24)5-12(19)13(20)14(15)21/h1-5,7H,6H2,(H,22,24)(H,23,25). The molecule has 0 saturated heterocycles. The fourth-order valence-corrected chi connectivity index (χ4v) is 2.40. The van der Waals surface area contributed by atoms with E-state index >= 15 is 0 Å². The number of hydrogen-bond acceptors (Lipinski definition) is 3. The average Bonchev–Trinajstić information content (AvgIpc) is 2.60. The predicted molar refractivity (Wildman–Crippen MR) is 85.9 cm³/mol. The van der Waals surface area contributed by atoms with Crippen molar-refractivity contribution in [2.45, 2.75) is 6.54 Å². The van der Waals surface area contributed by atoms with Gasteiger partial charge in [0.25, 0.3) is 5.91 Å². The maximum absolute atomic E-state index is 13.7. The predicted octanol–water partition coefficient (Wildman–Crippen LogP) is 3.94. The number of nitrogens with zero attached hydrogens (tertiary/aromatic N) is 1. The van der Waals surface area contributed by atoms with E-state index in [1.165, 1.54) is 0 Å². The van der Waals surface area contributed by atoms with Crippen LogP contribution in [0, 0.1) is 17.5 Å². The van der Waals surface area contributed by atoms with Crippen LogP contribution < -0.4 is 5.32 Å². The summed E-state index contributed by atoms with van der Waals surface area (Å²) in [6.45, 7) is 0.139. The third-order valence-electron chi connectivity index (χ3n) is 3.58. The third kappa shape index (κ3) is 3.23. The van der Waals surface area contributed by atoms with Crippen LogP contribution in [0.1, 0.15) is 15.9 Å². The number of aromatic nitrogens is 1. The first-order valence-corrected chi connectivity index (χ1v) is 7.44. The highest BCUT2D eigenvalue weighted by Gasteiger charge is 2.21. The van der Waals surface area contributed by atoms with Crippen molar-refractivity contribution in [1.29, 1.82) is 0 Å². The zero-order chi connectivity index (χ0) is 18.1. The molecule has 0 unspecified atom stereocenters. The Morgan fingerprint density at radius 1 is 1.16 bits per heavy atom. The van der Waals surface area contributed by atoms with Crippen molar-refractivity contribution in [2.24, 2.45) is 0 Å². The van der Waals surface area contributed by atoms with Gasteiger partial charge in [0, 0.05) is 23.2 Å². The van der Waals surface area contributed by atoms with Crippen molar-refractivity contribution in [3.05, 3.63) is 70.1 Å². The molecule has 3 rings (SSSR count). The number of hydrogen-bond donors (Lipinski definition) is 2. The van der Waals surface area contributed by atoms with Gasteiger partial charge in [-0.1, -0.05) is 23.7 Å². The Morgan fingerprint density at radius 3 is 2.52 bits per heavy atom. The number of rotatable bonds is 3. The second-order valence-corrected chi connectivity index (χ2v) is 5.65. The van der Waals surface area contributed by atoms with E-state index in [9.17, 15) is 23.1 Å². The molecule has 0 spiro atoms. The Labute approximate surface area is 144 Å². The van der Waals surface area contributed by atoms with E-state index in [1.54, 1.807) is 24.3 Å². The summed E-state index contributed by atoms with van der Waals surface area (Å²) in [7, 11) is 0. The number of fused-ring (bicyclic) bond motifs is 1. The number of halogens is 4. The summed E-state index contributed by atoms with van der Waals surface area (Å²) in [6.07, 6.45) is 0.898. The number of carbonyl (C=O) groups excluding carboxylic acids is 1. The Morgan fingerprint density at radius 2 is 1.84 bits per heavy atom. The van der Waals surface area contributed by atoms with E-state index in [2.05, 4.69) is 10.3 Å². The average molecular weight is 367 g/mol. The van der Waals surface area contributed by atoms with Gasteiger partial charge in [0.2, 0.25) is 0 Å². The fraction of sp³-hybridized carbons (Fsp3) is 0.0588. The van der Waals surface area contributed by atoms with Crippen LogP contribution in [-0.4, -0.2) is 16.0 Å². The molecule has 0 atom stereocenters. The molecule has 0 aliphatic heterocycles. The number of carbonyl (C=O) groups is 1. The molecule has 3 aromatic rings. The first-order chi connectivity index (χ1) is 11.9. The topological polar surface area (TPSA) is 62.2 Å². The first kappa shape index (κ1) is 17.0. The molecular weight excluding hydrogens is 357 g/mol. The number of nitrogens with one attached hydrogen (secondary N) is 1. The van der Waals surface area contributed by atoms with Gasteiger partial charge in [-0.15, -0.1) is 0 Å². The number of aromatic hydroxyl groups is 1. The number of benzene rings is 2. The van der Waals surface area contributed by atoms with Crippen molar-refractivity contribution in [1.82, 2.24) is 10.3 Å². The summed E-state index contributed by atoms with van der Waals surface area (Å²) < 4.78 is 40.3. The summed E-state index contributed by atoms with van der Waals surface area (Å²) in [4.78, 5) is 15.8. The van der Waals surface area contributed by atoms with Crippen LogP contribution in [-0.2, 0) is 6.54 Å². The zero-order valence-electron chi connectivity index (χ0n) is 12.5. The van der Waals surface area contributed by atoms with Crippen molar-refractivity contribution in [2.75, 3.05) is 0 Å². The van der Waals surface area contributed by atoms with Gasteiger partial charge in [0.1, 0.15) is 16.8 Å². The summed E-state index contributed by atoms with van der Waals surface area (Å²) >= 11 is 5.77. The lowest BCUT2D eigenvalue weighted by atomic mass is 10.1. The Kier molecular flexibility index (Phi) is 4.50. The minimum atomic E-state index is -1.70. The molecule has 4 nitrogen and oxygen atoms in total. The molecule has 0 fully saturated rings. The van der Waals surface area contributed by atoms with E-state index in [0.717, 1.165) is 11.8 Å². The second-order valence-electron chi connectivity index (χ2n) is 5.21. The molecule has 0 radical (unpaired) electrons. The Balaban J connectivity index is 1.90. The normalized spacial score (nSPS) is 10.9. The lowest BCUT2D eigenvalue weighted by molar-refractivity contribution is 0.0948. The molecule has 1 heterocycles. The molecule has 2 N–H and O–H groups in total. The lowest BCUT2D eigenvalue weighted by Gasteiger charge is -2.10. The highest BCUT2D eigenvalue weighted by Crippen LogP contribution is 2.30. The molecule has 0 bridgehead atoms. The highest BCUT2D eigenvalue weighted by atomic mass is 35.5. The molecule has 128 valence electrons. The fourth-order valence-electron chi connectivity index (χ4n) is 2.27. The van der Waals surface area contributed by atoms with Gasteiger partial charge in [-0.2, -0.15) is 0 Å². The van der Waals surface area contributed by atoms with Crippen molar-refractivity contribution >= 4 is 28.4 Å². The minimum Gasteiger partial charge on any atom is -0.506 e. The number of pyridine rings is 1. The van der Waals surface area contributed by atoms with Crippen molar-refractivity contribution < 1.29 is 23.1 Å². The smallest absolute Gasteiger partial charge is 0.256 e. The highest BCUT2D eigenvalue weighted by molar-refractivity contribution is 6.30. The molecular formula is C17H10ClF3N2O2. The molecule has 0 saturated carbocycles. The van der Waals surface area contributed by atoms with Gasteiger partial charge >= 0.3 is 0 Å². The van der Waals surface area contributed by atoms with Crippen LogP contribution in [0.4, 0.5) is 13.2 Å². The van der Waals surface area contributed by atoms with E-state index in [-0.39, 0.29) is 12.1 Å². The zero-order valence-corrected chi connectivity index (χ0v) is 13.2. The number of amides is 1. The largest absolute Gasteiger partial charge is 0.506 e. The first-order valence-electron chi connectivity index (χ1n) is 7.06. The molecule has 2 aromatic carbocycles. The molecule has 1 aromatic heterocycles. The summed E-state index contributed by atoms with van der Waals surface area (Å²) in [5, 5.41) is 12.8. The monoisotopic (exact) mass is 366 g/mol. The molecule has 1 amide bonds. The molecule has 25 heavy (non-hydrogen) atoms. The van der Waals surface area contributed by atoms with E-state index in [1.807, 2.05) is 0 Å². The SMILES string of the molecule is O=C(NCc1ccc(Cl)cc1)c1cnc2c(F)c(F)c(F)cc2c1O. The van der Waals surface area contributed by atoms with Gasteiger partial charge in [-0.05, 0) is 23.8 Å². The van der Waals surface area contributed by atoms with Crippen LogP contribution in [0.2, 0.25) is 5.02 Å². The molecule has 0 aliphatic carbocycles. The minimum absolute atomic E-state index is 0.139. The Hall–Kier alpha value is -2.80.